The molecule has 1 N–H and O–H groups in total. The molecule has 0 bridgehead atoms. The van der Waals surface area contributed by atoms with E-state index in [2.05, 4.69) is 57.1 Å². The van der Waals surface area contributed by atoms with Gasteiger partial charge in [-0.25, -0.2) is 4.98 Å². The standard InChI is InChI=1S/C17H33N3S/c1-7-9-10-20(14(3)8-2)12-15-13-21-16(19-15)11-18-17(4,5)6/h13-14,18H,7-12H2,1-6H3. The Morgan fingerprint density at radius 2 is 2.05 bits per heavy atom. The minimum Gasteiger partial charge on any atom is -0.306 e. The summed E-state index contributed by atoms with van der Waals surface area (Å²) in [5, 5.41) is 6.92. The van der Waals surface area contributed by atoms with Crippen LogP contribution < -0.4 is 5.32 Å². The third-order valence-electron chi connectivity index (χ3n) is 3.75. The maximum absolute atomic E-state index is 4.79. The van der Waals surface area contributed by atoms with Gasteiger partial charge in [-0.3, -0.25) is 4.90 Å². The van der Waals surface area contributed by atoms with Crippen molar-refractivity contribution in [2.45, 2.75) is 85.5 Å². The summed E-state index contributed by atoms with van der Waals surface area (Å²) in [4.78, 5) is 7.36. The molecule has 0 radical (unpaired) electrons. The van der Waals surface area contributed by atoms with Crippen molar-refractivity contribution in [2.24, 2.45) is 0 Å². The van der Waals surface area contributed by atoms with E-state index in [9.17, 15) is 0 Å². The fraction of sp³-hybridized carbons (Fsp3) is 0.824. The first-order valence-electron chi connectivity index (χ1n) is 8.28. The van der Waals surface area contributed by atoms with Gasteiger partial charge in [0, 0.05) is 30.1 Å². The molecule has 1 aromatic rings. The van der Waals surface area contributed by atoms with Crippen LogP contribution in [0.3, 0.4) is 0 Å². The van der Waals surface area contributed by atoms with Crippen molar-refractivity contribution in [1.82, 2.24) is 15.2 Å². The van der Waals surface area contributed by atoms with Crippen molar-refractivity contribution in [2.75, 3.05) is 6.54 Å². The molecule has 0 saturated heterocycles. The zero-order valence-electron chi connectivity index (χ0n) is 14.7. The molecule has 0 aliphatic heterocycles. The molecule has 1 aromatic heterocycles. The zero-order valence-corrected chi connectivity index (χ0v) is 15.5. The van der Waals surface area contributed by atoms with E-state index in [4.69, 9.17) is 4.98 Å². The monoisotopic (exact) mass is 311 g/mol. The van der Waals surface area contributed by atoms with Gasteiger partial charge >= 0.3 is 0 Å². The van der Waals surface area contributed by atoms with Crippen LogP contribution in [0.4, 0.5) is 0 Å². The lowest BCUT2D eigenvalue weighted by atomic mass is 10.1. The van der Waals surface area contributed by atoms with Crippen molar-refractivity contribution in [3.8, 4) is 0 Å². The Bertz CT molecular complexity index is 395. The molecule has 0 spiro atoms. The second-order valence-corrected chi connectivity index (χ2v) is 7.86. The third kappa shape index (κ3) is 7.39. The summed E-state index contributed by atoms with van der Waals surface area (Å²) in [5.74, 6) is 0. The van der Waals surface area contributed by atoms with Crippen LogP contribution in [0.15, 0.2) is 5.38 Å². The summed E-state index contributed by atoms with van der Waals surface area (Å²) in [5.41, 5.74) is 1.37. The van der Waals surface area contributed by atoms with Gasteiger partial charge in [-0.15, -0.1) is 11.3 Å². The summed E-state index contributed by atoms with van der Waals surface area (Å²) in [6, 6.07) is 0.634. The van der Waals surface area contributed by atoms with E-state index >= 15 is 0 Å². The van der Waals surface area contributed by atoms with Crippen molar-refractivity contribution >= 4 is 11.3 Å². The average Bonchev–Trinajstić information content (AvgIpc) is 2.87. The molecular formula is C17H33N3S. The minimum absolute atomic E-state index is 0.149. The van der Waals surface area contributed by atoms with Crippen molar-refractivity contribution in [3.05, 3.63) is 16.1 Å². The van der Waals surface area contributed by atoms with Gasteiger partial charge in [0.05, 0.1) is 5.69 Å². The van der Waals surface area contributed by atoms with Crippen LogP contribution in [0.1, 0.15) is 71.5 Å². The van der Waals surface area contributed by atoms with E-state index in [-0.39, 0.29) is 5.54 Å². The van der Waals surface area contributed by atoms with Gasteiger partial charge < -0.3 is 5.32 Å². The summed E-state index contributed by atoms with van der Waals surface area (Å²) in [6.07, 6.45) is 3.73. The lowest BCUT2D eigenvalue weighted by Gasteiger charge is -2.27. The normalized spacial score (nSPS) is 13.9. The van der Waals surface area contributed by atoms with Crippen LogP contribution in [0.25, 0.3) is 0 Å². The van der Waals surface area contributed by atoms with Gasteiger partial charge in [-0.1, -0.05) is 20.3 Å². The van der Waals surface area contributed by atoms with Crippen molar-refractivity contribution < 1.29 is 0 Å². The number of aromatic nitrogens is 1. The predicted molar refractivity (Wildman–Crippen MR) is 93.8 cm³/mol. The Balaban J connectivity index is 2.57. The average molecular weight is 312 g/mol. The smallest absolute Gasteiger partial charge is 0.107 e. The highest BCUT2D eigenvalue weighted by Crippen LogP contribution is 2.16. The number of nitrogens with one attached hydrogen (secondary N) is 1. The van der Waals surface area contributed by atoms with Gasteiger partial charge in [0.15, 0.2) is 0 Å². The molecule has 0 aliphatic rings. The maximum Gasteiger partial charge on any atom is 0.107 e. The van der Waals surface area contributed by atoms with Gasteiger partial charge in [-0.05, 0) is 47.1 Å². The van der Waals surface area contributed by atoms with Gasteiger partial charge in [0.25, 0.3) is 0 Å². The van der Waals surface area contributed by atoms with Crippen LogP contribution in [0.2, 0.25) is 0 Å². The van der Waals surface area contributed by atoms with E-state index in [1.807, 2.05) is 0 Å². The van der Waals surface area contributed by atoms with Crippen molar-refractivity contribution in [1.29, 1.82) is 0 Å². The first-order chi connectivity index (χ1) is 9.85. The second-order valence-electron chi connectivity index (χ2n) is 6.92. The Morgan fingerprint density at radius 1 is 1.33 bits per heavy atom. The van der Waals surface area contributed by atoms with Crippen LogP contribution in [0.5, 0.6) is 0 Å². The topological polar surface area (TPSA) is 28.2 Å². The molecule has 3 nitrogen and oxygen atoms in total. The molecule has 1 atom stereocenters. The second kappa shape index (κ2) is 8.86. The van der Waals surface area contributed by atoms with E-state index in [1.54, 1.807) is 11.3 Å². The fourth-order valence-corrected chi connectivity index (χ4v) is 2.85. The Morgan fingerprint density at radius 3 is 2.62 bits per heavy atom. The summed E-state index contributed by atoms with van der Waals surface area (Å²) in [7, 11) is 0. The number of hydrogen-bond acceptors (Lipinski definition) is 4. The van der Waals surface area contributed by atoms with Crippen LogP contribution in [-0.4, -0.2) is 28.0 Å². The van der Waals surface area contributed by atoms with Gasteiger partial charge in [-0.2, -0.15) is 0 Å². The fourth-order valence-electron chi connectivity index (χ4n) is 2.13. The largest absolute Gasteiger partial charge is 0.306 e. The van der Waals surface area contributed by atoms with Gasteiger partial charge in [0.1, 0.15) is 5.01 Å². The van der Waals surface area contributed by atoms with Crippen LogP contribution >= 0.6 is 11.3 Å². The molecule has 0 amide bonds. The SMILES string of the molecule is CCCCN(Cc1csc(CNC(C)(C)C)n1)C(C)CC. The highest BCUT2D eigenvalue weighted by molar-refractivity contribution is 7.09. The van der Waals surface area contributed by atoms with Crippen molar-refractivity contribution in [3.63, 3.8) is 0 Å². The molecule has 122 valence electrons. The summed E-state index contributed by atoms with van der Waals surface area (Å²) >= 11 is 1.78. The molecule has 0 aromatic carbocycles. The molecule has 0 saturated carbocycles. The molecular weight excluding hydrogens is 278 g/mol. The molecule has 1 heterocycles. The lowest BCUT2D eigenvalue weighted by Crippen LogP contribution is -2.35. The Kier molecular flexibility index (Phi) is 7.85. The Hall–Kier alpha value is -0.450. The zero-order chi connectivity index (χ0) is 15.9. The number of nitrogens with zero attached hydrogens (tertiary/aromatic N) is 2. The molecule has 1 rings (SSSR count). The number of unbranched alkanes of at least 4 members (excludes halogenated alkanes) is 1. The molecule has 21 heavy (non-hydrogen) atoms. The van der Waals surface area contributed by atoms with E-state index < -0.39 is 0 Å². The molecule has 4 heteroatoms. The first-order valence-corrected chi connectivity index (χ1v) is 9.16. The minimum atomic E-state index is 0.149. The number of thiazole rings is 1. The highest BCUT2D eigenvalue weighted by Gasteiger charge is 2.15. The van der Waals surface area contributed by atoms with Crippen LogP contribution in [-0.2, 0) is 13.1 Å². The molecule has 0 fully saturated rings. The Labute approximate surface area is 135 Å². The maximum atomic E-state index is 4.79. The predicted octanol–water partition coefficient (Wildman–Crippen LogP) is 4.43. The third-order valence-corrected chi connectivity index (χ3v) is 4.65. The molecule has 1 unspecified atom stereocenters. The van der Waals surface area contributed by atoms with Crippen LogP contribution in [0, 0.1) is 0 Å². The lowest BCUT2D eigenvalue weighted by molar-refractivity contribution is 0.190. The first kappa shape index (κ1) is 18.6. The number of rotatable bonds is 9. The van der Waals surface area contributed by atoms with E-state index in [0.29, 0.717) is 6.04 Å². The number of hydrogen-bond donors (Lipinski definition) is 1. The molecule has 0 aliphatic carbocycles. The van der Waals surface area contributed by atoms with E-state index in [1.165, 1.54) is 36.5 Å². The quantitative estimate of drug-likeness (QED) is 0.731. The van der Waals surface area contributed by atoms with Gasteiger partial charge in [0.2, 0.25) is 0 Å². The van der Waals surface area contributed by atoms with E-state index in [0.717, 1.165) is 13.1 Å². The summed E-state index contributed by atoms with van der Waals surface area (Å²) < 4.78 is 0. The highest BCUT2D eigenvalue weighted by atomic mass is 32.1. The summed E-state index contributed by atoms with van der Waals surface area (Å²) in [6.45, 7) is 16.5.